The number of anilines is 1. The lowest BCUT2D eigenvalue weighted by Gasteiger charge is -2.20. The molecule has 0 atom stereocenters. The van der Waals surface area contributed by atoms with Crippen LogP contribution in [0.4, 0.5) is 5.82 Å². The van der Waals surface area contributed by atoms with E-state index in [0.29, 0.717) is 11.4 Å². The summed E-state index contributed by atoms with van der Waals surface area (Å²) in [4.78, 5) is 11.9. The van der Waals surface area contributed by atoms with Crippen LogP contribution in [0.3, 0.4) is 0 Å². The van der Waals surface area contributed by atoms with Crippen molar-refractivity contribution in [3.05, 3.63) is 11.8 Å². The molecule has 1 heterocycles. The van der Waals surface area contributed by atoms with E-state index in [4.69, 9.17) is 5.26 Å². The highest BCUT2D eigenvalue weighted by Gasteiger charge is 2.26. The van der Waals surface area contributed by atoms with Crippen LogP contribution in [0.5, 0.6) is 0 Å². The zero-order chi connectivity index (χ0) is 12.3. The average molecular weight is 220 g/mol. The molecule has 0 aromatic carbocycles. The Bertz CT molecular complexity index is 439. The summed E-state index contributed by atoms with van der Waals surface area (Å²) in [5, 5.41) is 15.6. The van der Waals surface area contributed by atoms with Gasteiger partial charge in [0, 0.05) is 18.7 Å². The second-order valence-corrected chi connectivity index (χ2v) is 4.37. The lowest BCUT2D eigenvalue weighted by Crippen LogP contribution is -2.30. The first-order valence-electron chi connectivity index (χ1n) is 5.16. The van der Waals surface area contributed by atoms with E-state index in [-0.39, 0.29) is 5.91 Å². The summed E-state index contributed by atoms with van der Waals surface area (Å²) in [6.45, 7) is 5.66. The van der Waals surface area contributed by atoms with E-state index in [0.717, 1.165) is 6.42 Å². The maximum atomic E-state index is 11.9. The fourth-order valence-electron chi connectivity index (χ4n) is 1.10. The summed E-state index contributed by atoms with van der Waals surface area (Å²) in [6, 6.07) is 1.99. The average Bonchev–Trinajstić information content (AvgIpc) is 2.58. The molecule has 1 aromatic rings. The van der Waals surface area contributed by atoms with Crippen molar-refractivity contribution in [1.29, 1.82) is 5.26 Å². The van der Waals surface area contributed by atoms with Gasteiger partial charge >= 0.3 is 0 Å². The topological polar surface area (TPSA) is 70.7 Å². The van der Waals surface area contributed by atoms with Crippen molar-refractivity contribution in [2.75, 3.05) is 5.32 Å². The highest BCUT2D eigenvalue weighted by Crippen LogP contribution is 2.22. The van der Waals surface area contributed by atoms with Crippen LogP contribution < -0.4 is 5.32 Å². The van der Waals surface area contributed by atoms with Crippen molar-refractivity contribution < 1.29 is 4.79 Å². The van der Waals surface area contributed by atoms with Crippen LogP contribution in [0, 0.1) is 16.7 Å². The van der Waals surface area contributed by atoms with Crippen LogP contribution in [0.25, 0.3) is 0 Å². The molecule has 1 amide bonds. The fraction of sp³-hybridized carbons (Fsp3) is 0.545. The number of nitrogens with zero attached hydrogens (tertiary/aromatic N) is 3. The smallest absolute Gasteiger partial charge is 0.231 e. The molecule has 0 aliphatic heterocycles. The van der Waals surface area contributed by atoms with Gasteiger partial charge in [0.25, 0.3) is 0 Å². The summed E-state index contributed by atoms with van der Waals surface area (Å²) in [6.07, 6.45) is 2.31. The molecule has 0 aliphatic rings. The lowest BCUT2D eigenvalue weighted by atomic mass is 9.89. The number of nitrogens with one attached hydrogen (secondary N) is 1. The molecule has 1 rings (SSSR count). The number of hydrogen-bond acceptors (Lipinski definition) is 3. The fourth-order valence-corrected chi connectivity index (χ4v) is 1.10. The number of carbonyl (C=O) groups is 1. The SMILES string of the molecule is CCC(C)(C)C(=O)Nc1nn(C)cc1C#N. The Kier molecular flexibility index (Phi) is 3.33. The second-order valence-electron chi connectivity index (χ2n) is 4.37. The number of aryl methyl sites for hydroxylation is 1. The van der Waals surface area contributed by atoms with Crippen molar-refractivity contribution in [3.8, 4) is 6.07 Å². The second kappa shape index (κ2) is 4.35. The molecule has 5 heteroatoms. The zero-order valence-electron chi connectivity index (χ0n) is 10.0. The molecule has 0 radical (unpaired) electrons. The van der Waals surface area contributed by atoms with E-state index >= 15 is 0 Å². The maximum Gasteiger partial charge on any atom is 0.231 e. The van der Waals surface area contributed by atoms with E-state index in [9.17, 15) is 4.79 Å². The van der Waals surface area contributed by atoms with Crippen LogP contribution in [-0.4, -0.2) is 15.7 Å². The van der Waals surface area contributed by atoms with Gasteiger partial charge in [0.05, 0.1) is 0 Å². The van der Waals surface area contributed by atoms with Gasteiger partial charge in [-0.25, -0.2) is 0 Å². The minimum absolute atomic E-state index is 0.120. The van der Waals surface area contributed by atoms with Gasteiger partial charge in [0.15, 0.2) is 5.82 Å². The lowest BCUT2D eigenvalue weighted by molar-refractivity contribution is -0.124. The monoisotopic (exact) mass is 220 g/mol. The first kappa shape index (κ1) is 12.2. The predicted molar refractivity (Wildman–Crippen MR) is 60.6 cm³/mol. The van der Waals surface area contributed by atoms with Crippen molar-refractivity contribution in [2.45, 2.75) is 27.2 Å². The summed E-state index contributed by atoms with van der Waals surface area (Å²) < 4.78 is 1.51. The van der Waals surface area contributed by atoms with Crippen molar-refractivity contribution in [3.63, 3.8) is 0 Å². The number of hydrogen-bond donors (Lipinski definition) is 1. The number of nitriles is 1. The van der Waals surface area contributed by atoms with E-state index in [1.54, 1.807) is 13.2 Å². The molecule has 0 unspecified atom stereocenters. The molecule has 0 saturated heterocycles. The zero-order valence-corrected chi connectivity index (χ0v) is 10.0. The first-order valence-corrected chi connectivity index (χ1v) is 5.16. The Morgan fingerprint density at radius 2 is 2.31 bits per heavy atom. The molecular weight excluding hydrogens is 204 g/mol. The van der Waals surface area contributed by atoms with Gasteiger partial charge in [-0.05, 0) is 6.42 Å². The van der Waals surface area contributed by atoms with E-state index in [2.05, 4.69) is 10.4 Å². The Balaban J connectivity index is 2.90. The van der Waals surface area contributed by atoms with Crippen LogP contribution in [0.15, 0.2) is 6.20 Å². The number of carbonyl (C=O) groups excluding carboxylic acids is 1. The predicted octanol–water partition coefficient (Wildman–Crippen LogP) is 1.67. The molecule has 0 saturated carbocycles. The molecule has 1 N–H and O–H groups in total. The summed E-state index contributed by atoms with van der Waals surface area (Å²) in [5.41, 5.74) is -0.0766. The number of aromatic nitrogens is 2. The number of rotatable bonds is 3. The molecular formula is C11H16N4O. The first-order chi connectivity index (χ1) is 7.40. The molecule has 5 nitrogen and oxygen atoms in total. The van der Waals surface area contributed by atoms with E-state index in [1.807, 2.05) is 26.8 Å². The summed E-state index contributed by atoms with van der Waals surface area (Å²) in [5.74, 6) is 0.210. The molecule has 86 valence electrons. The molecule has 0 bridgehead atoms. The molecule has 16 heavy (non-hydrogen) atoms. The quantitative estimate of drug-likeness (QED) is 0.842. The van der Waals surface area contributed by atoms with Crippen LogP contribution >= 0.6 is 0 Å². The molecule has 1 aromatic heterocycles. The van der Waals surface area contributed by atoms with E-state index < -0.39 is 5.41 Å². The van der Waals surface area contributed by atoms with Gasteiger partial charge in [0.2, 0.25) is 5.91 Å². The van der Waals surface area contributed by atoms with Gasteiger partial charge in [-0.1, -0.05) is 20.8 Å². The highest BCUT2D eigenvalue weighted by molar-refractivity contribution is 5.94. The Labute approximate surface area is 95.1 Å². The van der Waals surface area contributed by atoms with Gasteiger partial charge in [-0.15, -0.1) is 0 Å². The van der Waals surface area contributed by atoms with Crippen LogP contribution in [0.2, 0.25) is 0 Å². The number of amides is 1. The summed E-state index contributed by atoms with van der Waals surface area (Å²) in [7, 11) is 1.71. The normalized spacial score (nSPS) is 10.9. The van der Waals surface area contributed by atoms with Crippen LogP contribution in [-0.2, 0) is 11.8 Å². The molecule has 0 spiro atoms. The van der Waals surface area contributed by atoms with E-state index in [1.165, 1.54) is 4.68 Å². The van der Waals surface area contributed by atoms with Crippen molar-refractivity contribution in [2.24, 2.45) is 12.5 Å². The van der Waals surface area contributed by atoms with Gasteiger partial charge < -0.3 is 5.32 Å². The third kappa shape index (κ3) is 2.40. The molecule has 0 aliphatic carbocycles. The molecule has 0 fully saturated rings. The minimum Gasteiger partial charge on any atom is -0.308 e. The highest BCUT2D eigenvalue weighted by atomic mass is 16.2. The standard InChI is InChI=1S/C11H16N4O/c1-5-11(2,3)10(16)13-9-8(6-12)7-15(4)14-9/h7H,5H2,1-4H3,(H,13,14,16). The third-order valence-corrected chi connectivity index (χ3v) is 2.68. The minimum atomic E-state index is -0.454. The van der Waals surface area contributed by atoms with Crippen molar-refractivity contribution in [1.82, 2.24) is 9.78 Å². The van der Waals surface area contributed by atoms with Crippen molar-refractivity contribution >= 4 is 11.7 Å². The van der Waals surface area contributed by atoms with Gasteiger partial charge in [-0.2, -0.15) is 10.4 Å². The maximum absolute atomic E-state index is 11.9. The third-order valence-electron chi connectivity index (χ3n) is 2.68. The van der Waals surface area contributed by atoms with Crippen LogP contribution in [0.1, 0.15) is 32.8 Å². The largest absolute Gasteiger partial charge is 0.308 e. The van der Waals surface area contributed by atoms with Gasteiger partial charge in [0.1, 0.15) is 11.6 Å². The van der Waals surface area contributed by atoms with Gasteiger partial charge in [-0.3, -0.25) is 9.48 Å². The Morgan fingerprint density at radius 3 is 2.81 bits per heavy atom. The Hall–Kier alpha value is -1.83. The summed E-state index contributed by atoms with van der Waals surface area (Å²) >= 11 is 0. The Morgan fingerprint density at radius 1 is 1.69 bits per heavy atom.